The maximum absolute atomic E-state index is 12.0. The van der Waals surface area contributed by atoms with E-state index in [4.69, 9.17) is 4.74 Å². The molecular formula is C20H23N3O2S2. The number of benzene rings is 1. The topological polar surface area (TPSA) is 63.2 Å². The van der Waals surface area contributed by atoms with Gasteiger partial charge in [0, 0.05) is 27.4 Å². The smallest absolute Gasteiger partial charge is 0.225 e. The first kappa shape index (κ1) is 19.4. The Kier molecular flexibility index (Phi) is 5.82. The number of carbonyl (C=O) groups excluding carboxylic acids is 1. The van der Waals surface area contributed by atoms with Gasteiger partial charge in [-0.15, -0.1) is 22.7 Å². The Balaban J connectivity index is 1.64. The number of methoxy groups -OCH3 is 1. The van der Waals surface area contributed by atoms with Crippen LogP contribution < -0.4 is 15.4 Å². The molecule has 0 aliphatic heterocycles. The van der Waals surface area contributed by atoms with Gasteiger partial charge in [0.1, 0.15) is 5.75 Å². The Hall–Kier alpha value is -2.38. The first-order valence-corrected chi connectivity index (χ1v) is 10.3. The molecule has 0 bridgehead atoms. The fraction of sp³-hybridized carbons (Fsp3) is 0.300. The molecule has 3 aromatic rings. The van der Waals surface area contributed by atoms with Crippen LogP contribution in [0.4, 0.5) is 10.8 Å². The van der Waals surface area contributed by atoms with E-state index in [1.165, 1.54) is 0 Å². The third kappa shape index (κ3) is 5.08. The summed E-state index contributed by atoms with van der Waals surface area (Å²) in [5, 5.41) is 9.15. The molecule has 0 unspecified atom stereocenters. The normalized spacial score (nSPS) is 11.3. The van der Waals surface area contributed by atoms with Crippen LogP contribution in [0, 0.1) is 5.41 Å². The molecule has 0 aliphatic rings. The predicted molar refractivity (Wildman–Crippen MR) is 113 cm³/mol. The van der Waals surface area contributed by atoms with Crippen LogP contribution in [-0.2, 0) is 11.3 Å². The van der Waals surface area contributed by atoms with Gasteiger partial charge in [-0.05, 0) is 24.3 Å². The molecule has 0 saturated carbocycles. The highest BCUT2D eigenvalue weighted by Crippen LogP contribution is 2.32. The number of anilines is 2. The molecule has 2 aromatic heterocycles. The lowest BCUT2D eigenvalue weighted by atomic mass is 9.96. The molecule has 5 nitrogen and oxygen atoms in total. The van der Waals surface area contributed by atoms with E-state index in [9.17, 15) is 4.79 Å². The summed E-state index contributed by atoms with van der Waals surface area (Å²) in [6, 6.07) is 11.8. The van der Waals surface area contributed by atoms with Crippen molar-refractivity contribution >= 4 is 39.4 Å². The number of nitrogens with one attached hydrogen (secondary N) is 2. The molecule has 1 aromatic carbocycles. The van der Waals surface area contributed by atoms with Gasteiger partial charge in [-0.3, -0.25) is 4.79 Å². The number of amides is 1. The second-order valence-corrected chi connectivity index (χ2v) is 9.12. The van der Waals surface area contributed by atoms with Crippen LogP contribution in [0.3, 0.4) is 0 Å². The lowest BCUT2D eigenvalue weighted by Gasteiger charge is -2.17. The van der Waals surface area contributed by atoms with Crippen LogP contribution >= 0.6 is 22.7 Å². The monoisotopic (exact) mass is 401 g/mol. The lowest BCUT2D eigenvalue weighted by molar-refractivity contribution is -0.128. The van der Waals surface area contributed by atoms with Crippen LogP contribution in [0.5, 0.6) is 5.75 Å². The molecule has 0 saturated heterocycles. The van der Waals surface area contributed by atoms with Crippen LogP contribution in [0.15, 0.2) is 41.8 Å². The first-order chi connectivity index (χ1) is 12.8. The minimum atomic E-state index is -0.379. The molecule has 2 heterocycles. The number of aromatic nitrogens is 1. The molecule has 0 atom stereocenters. The van der Waals surface area contributed by atoms with Crippen LogP contribution in [0.1, 0.15) is 25.6 Å². The fourth-order valence-corrected chi connectivity index (χ4v) is 4.03. The van der Waals surface area contributed by atoms with Crippen molar-refractivity contribution in [2.24, 2.45) is 5.41 Å². The highest BCUT2D eigenvalue weighted by atomic mass is 32.1. The summed E-state index contributed by atoms with van der Waals surface area (Å²) >= 11 is 3.20. The van der Waals surface area contributed by atoms with Crippen LogP contribution in [-0.4, -0.2) is 18.0 Å². The number of thiophene rings is 1. The fourth-order valence-electron chi connectivity index (χ4n) is 2.31. The molecule has 3 rings (SSSR count). The van der Waals surface area contributed by atoms with Crippen molar-refractivity contribution in [2.45, 2.75) is 27.3 Å². The molecular weight excluding hydrogens is 378 g/mol. The Morgan fingerprint density at radius 1 is 1.22 bits per heavy atom. The van der Waals surface area contributed by atoms with Crippen molar-refractivity contribution < 1.29 is 9.53 Å². The van der Waals surface area contributed by atoms with E-state index in [2.05, 4.69) is 15.6 Å². The number of thiazole rings is 1. The summed E-state index contributed by atoms with van der Waals surface area (Å²) in [6.07, 6.45) is 0. The molecule has 27 heavy (non-hydrogen) atoms. The van der Waals surface area contributed by atoms with Gasteiger partial charge >= 0.3 is 0 Å². The number of hydrogen-bond acceptors (Lipinski definition) is 6. The second-order valence-electron chi connectivity index (χ2n) is 7.09. The zero-order valence-corrected chi connectivity index (χ0v) is 17.5. The van der Waals surface area contributed by atoms with Gasteiger partial charge in [-0.1, -0.05) is 26.8 Å². The number of carbonyl (C=O) groups is 1. The van der Waals surface area contributed by atoms with Gasteiger partial charge in [-0.25, -0.2) is 4.98 Å². The Morgan fingerprint density at radius 3 is 2.78 bits per heavy atom. The quantitative estimate of drug-likeness (QED) is 0.589. The molecule has 2 N–H and O–H groups in total. The summed E-state index contributed by atoms with van der Waals surface area (Å²) < 4.78 is 5.25. The van der Waals surface area contributed by atoms with Gasteiger partial charge in [0.05, 0.1) is 24.2 Å². The molecule has 142 valence electrons. The van der Waals surface area contributed by atoms with Gasteiger partial charge in [0.2, 0.25) is 5.91 Å². The van der Waals surface area contributed by atoms with E-state index in [1.807, 2.05) is 62.5 Å². The molecule has 0 radical (unpaired) electrons. The number of rotatable bonds is 6. The zero-order chi connectivity index (χ0) is 19.4. The Morgan fingerprint density at radius 2 is 2.04 bits per heavy atom. The average Bonchev–Trinajstić information content (AvgIpc) is 3.28. The van der Waals surface area contributed by atoms with Crippen molar-refractivity contribution in [3.63, 3.8) is 0 Å². The van der Waals surface area contributed by atoms with Crippen molar-refractivity contribution in [3.05, 3.63) is 46.7 Å². The van der Waals surface area contributed by atoms with Crippen molar-refractivity contribution in [1.29, 1.82) is 0 Å². The third-order valence-corrected chi connectivity index (χ3v) is 5.71. The standard InChI is InChI=1S/C20H23N3O2S2/c1-20(2,3)18(24)21-11-15-8-9-17(27-15)16-12-26-19(23-16)22-13-6-5-7-14(10-13)25-4/h5-10,12H,11H2,1-4H3,(H,21,24)(H,22,23). The summed E-state index contributed by atoms with van der Waals surface area (Å²) in [6.45, 7) is 6.27. The molecule has 7 heteroatoms. The van der Waals surface area contributed by atoms with E-state index in [-0.39, 0.29) is 11.3 Å². The molecule has 0 spiro atoms. The van der Waals surface area contributed by atoms with Crippen molar-refractivity contribution in [3.8, 4) is 16.3 Å². The molecule has 0 aliphatic carbocycles. The summed E-state index contributed by atoms with van der Waals surface area (Å²) in [4.78, 5) is 18.9. The maximum atomic E-state index is 12.0. The maximum Gasteiger partial charge on any atom is 0.225 e. The highest BCUT2D eigenvalue weighted by Gasteiger charge is 2.20. The second kappa shape index (κ2) is 8.10. The van der Waals surface area contributed by atoms with Gasteiger partial charge in [0.25, 0.3) is 0 Å². The Labute approximate surface area is 167 Å². The minimum Gasteiger partial charge on any atom is -0.497 e. The number of hydrogen-bond donors (Lipinski definition) is 2. The van der Waals surface area contributed by atoms with E-state index in [1.54, 1.807) is 29.8 Å². The SMILES string of the molecule is COc1cccc(Nc2nc(-c3ccc(CNC(=O)C(C)(C)C)s3)cs2)c1. The van der Waals surface area contributed by atoms with Gasteiger partial charge < -0.3 is 15.4 Å². The summed E-state index contributed by atoms with van der Waals surface area (Å²) in [5.74, 6) is 0.855. The molecule has 0 fully saturated rings. The van der Waals surface area contributed by atoms with Gasteiger partial charge in [-0.2, -0.15) is 0 Å². The number of ether oxygens (including phenoxy) is 1. The van der Waals surface area contributed by atoms with Crippen LogP contribution in [0.2, 0.25) is 0 Å². The van der Waals surface area contributed by atoms with Crippen molar-refractivity contribution in [2.75, 3.05) is 12.4 Å². The average molecular weight is 402 g/mol. The first-order valence-electron chi connectivity index (χ1n) is 8.59. The summed E-state index contributed by atoms with van der Waals surface area (Å²) in [7, 11) is 1.65. The summed E-state index contributed by atoms with van der Waals surface area (Å²) in [5.41, 5.74) is 1.49. The molecule has 1 amide bonds. The van der Waals surface area contributed by atoms with E-state index in [0.29, 0.717) is 6.54 Å². The van der Waals surface area contributed by atoms with E-state index in [0.717, 1.165) is 32.0 Å². The minimum absolute atomic E-state index is 0.0517. The predicted octanol–water partition coefficient (Wildman–Crippen LogP) is 5.29. The van der Waals surface area contributed by atoms with Crippen LogP contribution in [0.25, 0.3) is 10.6 Å². The van der Waals surface area contributed by atoms with E-state index < -0.39 is 0 Å². The largest absolute Gasteiger partial charge is 0.497 e. The number of nitrogens with zero attached hydrogens (tertiary/aromatic N) is 1. The Bertz CT molecular complexity index is 925. The third-order valence-electron chi connectivity index (χ3n) is 3.84. The van der Waals surface area contributed by atoms with Crippen molar-refractivity contribution in [1.82, 2.24) is 10.3 Å². The van der Waals surface area contributed by atoms with Gasteiger partial charge in [0.15, 0.2) is 5.13 Å². The highest BCUT2D eigenvalue weighted by molar-refractivity contribution is 7.17. The zero-order valence-electron chi connectivity index (χ0n) is 15.8. The lowest BCUT2D eigenvalue weighted by Crippen LogP contribution is -2.34. The van der Waals surface area contributed by atoms with E-state index >= 15 is 0 Å².